The van der Waals surface area contributed by atoms with E-state index in [0.29, 0.717) is 29.0 Å². The summed E-state index contributed by atoms with van der Waals surface area (Å²) in [6.07, 6.45) is 2.38. The van der Waals surface area contributed by atoms with Crippen LogP contribution in [0.2, 0.25) is 5.02 Å². The van der Waals surface area contributed by atoms with Crippen molar-refractivity contribution in [2.24, 2.45) is 0 Å². The third-order valence-electron chi connectivity index (χ3n) is 3.35. The van der Waals surface area contributed by atoms with Gasteiger partial charge in [-0.05, 0) is 36.2 Å². The van der Waals surface area contributed by atoms with Gasteiger partial charge < -0.3 is 15.1 Å². The summed E-state index contributed by atoms with van der Waals surface area (Å²) in [5.74, 6) is 1.10. The van der Waals surface area contributed by atoms with Crippen LogP contribution in [0.3, 0.4) is 0 Å². The van der Waals surface area contributed by atoms with Crippen LogP contribution in [0.5, 0.6) is 0 Å². The van der Waals surface area contributed by atoms with Gasteiger partial charge >= 0.3 is 0 Å². The molecule has 3 rings (SSSR count). The molecular formula is C17H17ClN4O2S2. The Morgan fingerprint density at radius 2 is 2.19 bits per heavy atom. The highest BCUT2D eigenvalue weighted by Gasteiger charge is 2.08. The normalized spacial score (nSPS) is 10.7. The molecule has 0 saturated heterocycles. The van der Waals surface area contributed by atoms with Crippen LogP contribution in [-0.4, -0.2) is 28.4 Å². The molecule has 0 saturated carbocycles. The van der Waals surface area contributed by atoms with Crippen molar-refractivity contribution in [3.05, 3.63) is 59.0 Å². The van der Waals surface area contributed by atoms with Crippen molar-refractivity contribution in [1.82, 2.24) is 15.5 Å². The van der Waals surface area contributed by atoms with Gasteiger partial charge in [0.2, 0.25) is 11.0 Å². The fourth-order valence-electron chi connectivity index (χ4n) is 2.13. The minimum Gasteiger partial charge on any atom is -0.467 e. The molecule has 1 aromatic carbocycles. The van der Waals surface area contributed by atoms with Crippen molar-refractivity contribution >= 4 is 45.7 Å². The van der Waals surface area contributed by atoms with Gasteiger partial charge in [0.05, 0.1) is 18.6 Å². The first-order valence-electron chi connectivity index (χ1n) is 7.93. The van der Waals surface area contributed by atoms with Crippen LogP contribution < -0.4 is 10.6 Å². The molecule has 9 heteroatoms. The minimum absolute atomic E-state index is 0.0303. The van der Waals surface area contributed by atoms with E-state index in [4.69, 9.17) is 16.0 Å². The van der Waals surface area contributed by atoms with E-state index in [1.807, 2.05) is 36.4 Å². The Balaban J connectivity index is 1.35. The molecule has 0 fully saturated rings. The lowest BCUT2D eigenvalue weighted by Gasteiger charge is -2.04. The van der Waals surface area contributed by atoms with E-state index in [0.717, 1.165) is 22.1 Å². The van der Waals surface area contributed by atoms with Crippen LogP contribution in [0.25, 0.3) is 0 Å². The highest BCUT2D eigenvalue weighted by Crippen LogP contribution is 2.25. The number of nitrogens with zero attached hydrogens (tertiary/aromatic N) is 2. The lowest BCUT2D eigenvalue weighted by Crippen LogP contribution is -2.27. The molecule has 2 aromatic heterocycles. The number of thioether (sulfide) groups is 1. The number of carbonyl (C=O) groups is 1. The molecule has 136 valence electrons. The second kappa shape index (κ2) is 9.61. The van der Waals surface area contributed by atoms with Crippen LogP contribution in [0.15, 0.2) is 51.4 Å². The first kappa shape index (κ1) is 18.8. The Hall–Kier alpha value is -2.03. The molecule has 2 heterocycles. The molecule has 0 unspecified atom stereocenters. The SMILES string of the molecule is O=C(CSc1nnc(NCc2ccco2)s1)NCCc1cccc(Cl)c1. The number of amides is 1. The van der Waals surface area contributed by atoms with Crippen LogP contribution in [-0.2, 0) is 17.8 Å². The molecular weight excluding hydrogens is 392 g/mol. The van der Waals surface area contributed by atoms with Crippen molar-refractivity contribution in [1.29, 1.82) is 0 Å². The second-order valence-corrected chi connectivity index (χ2v) is 7.96. The molecule has 0 aliphatic heterocycles. The zero-order chi connectivity index (χ0) is 18.2. The molecule has 0 bridgehead atoms. The summed E-state index contributed by atoms with van der Waals surface area (Å²) in [6.45, 7) is 1.13. The number of furan rings is 1. The molecule has 0 atom stereocenters. The summed E-state index contributed by atoms with van der Waals surface area (Å²) in [6, 6.07) is 11.4. The Kier molecular flexibility index (Phi) is 6.93. The molecule has 0 spiro atoms. The fraction of sp³-hybridized carbons (Fsp3) is 0.235. The summed E-state index contributed by atoms with van der Waals surface area (Å²) < 4.78 is 5.99. The number of hydrogen-bond donors (Lipinski definition) is 2. The molecule has 2 N–H and O–H groups in total. The third kappa shape index (κ3) is 6.05. The number of carbonyl (C=O) groups excluding carboxylic acids is 1. The lowest BCUT2D eigenvalue weighted by molar-refractivity contribution is -0.118. The molecule has 0 aliphatic carbocycles. The molecule has 0 aliphatic rings. The Bertz CT molecular complexity index is 839. The number of benzene rings is 1. The maximum Gasteiger partial charge on any atom is 0.230 e. The standard InChI is InChI=1S/C17H17ClN4O2S2/c18-13-4-1-3-12(9-13)6-7-19-15(23)11-25-17-22-21-16(26-17)20-10-14-5-2-8-24-14/h1-5,8-9H,6-7,10-11H2,(H,19,23)(H,20,21). The Labute approximate surface area is 164 Å². The monoisotopic (exact) mass is 408 g/mol. The van der Waals surface area contributed by atoms with E-state index < -0.39 is 0 Å². The van der Waals surface area contributed by atoms with Gasteiger partial charge in [-0.1, -0.05) is 46.8 Å². The van der Waals surface area contributed by atoms with Gasteiger partial charge in [0, 0.05) is 11.6 Å². The van der Waals surface area contributed by atoms with Gasteiger partial charge in [-0.15, -0.1) is 10.2 Å². The van der Waals surface area contributed by atoms with Gasteiger partial charge in [0.25, 0.3) is 0 Å². The van der Waals surface area contributed by atoms with Crippen molar-refractivity contribution in [3.8, 4) is 0 Å². The minimum atomic E-state index is -0.0303. The fourth-order valence-corrected chi connectivity index (χ4v) is 3.92. The Morgan fingerprint density at radius 1 is 1.27 bits per heavy atom. The van der Waals surface area contributed by atoms with Crippen LogP contribution >= 0.6 is 34.7 Å². The zero-order valence-corrected chi connectivity index (χ0v) is 16.2. The first-order valence-corrected chi connectivity index (χ1v) is 10.1. The van der Waals surface area contributed by atoms with Gasteiger partial charge in [0.15, 0.2) is 4.34 Å². The number of rotatable bonds is 9. The second-order valence-electron chi connectivity index (χ2n) is 5.32. The largest absolute Gasteiger partial charge is 0.467 e. The topological polar surface area (TPSA) is 80.1 Å². The summed E-state index contributed by atoms with van der Waals surface area (Å²) in [5, 5.41) is 15.6. The summed E-state index contributed by atoms with van der Waals surface area (Å²) in [4.78, 5) is 11.9. The first-order chi connectivity index (χ1) is 12.7. The zero-order valence-electron chi connectivity index (χ0n) is 13.8. The highest BCUT2D eigenvalue weighted by atomic mass is 35.5. The van der Waals surface area contributed by atoms with Crippen molar-refractivity contribution < 1.29 is 9.21 Å². The highest BCUT2D eigenvalue weighted by molar-refractivity contribution is 8.01. The van der Waals surface area contributed by atoms with Gasteiger partial charge in [0.1, 0.15) is 5.76 Å². The molecule has 0 radical (unpaired) electrons. The van der Waals surface area contributed by atoms with Crippen LogP contribution in [0.4, 0.5) is 5.13 Å². The van der Waals surface area contributed by atoms with E-state index in [9.17, 15) is 4.79 Å². The summed E-state index contributed by atoms with van der Waals surface area (Å²) >= 11 is 8.73. The third-order valence-corrected chi connectivity index (χ3v) is 5.60. The van der Waals surface area contributed by atoms with Crippen LogP contribution in [0.1, 0.15) is 11.3 Å². The summed E-state index contributed by atoms with van der Waals surface area (Å²) in [5.41, 5.74) is 1.10. The van der Waals surface area contributed by atoms with Gasteiger partial charge in [-0.3, -0.25) is 4.79 Å². The average molecular weight is 409 g/mol. The van der Waals surface area contributed by atoms with Crippen molar-refractivity contribution in [2.45, 2.75) is 17.3 Å². The number of anilines is 1. The predicted molar refractivity (Wildman–Crippen MR) is 105 cm³/mol. The lowest BCUT2D eigenvalue weighted by atomic mass is 10.1. The smallest absolute Gasteiger partial charge is 0.230 e. The number of aromatic nitrogens is 2. The Morgan fingerprint density at radius 3 is 3.00 bits per heavy atom. The maximum absolute atomic E-state index is 11.9. The van der Waals surface area contributed by atoms with Crippen molar-refractivity contribution in [3.63, 3.8) is 0 Å². The van der Waals surface area contributed by atoms with E-state index >= 15 is 0 Å². The van der Waals surface area contributed by atoms with Gasteiger partial charge in [-0.25, -0.2) is 0 Å². The molecule has 1 amide bonds. The average Bonchev–Trinajstić information content (AvgIpc) is 3.30. The van der Waals surface area contributed by atoms with E-state index in [1.54, 1.807) is 6.26 Å². The molecule has 6 nitrogen and oxygen atoms in total. The van der Waals surface area contributed by atoms with Crippen molar-refractivity contribution in [2.75, 3.05) is 17.6 Å². The molecule has 26 heavy (non-hydrogen) atoms. The van der Waals surface area contributed by atoms with E-state index in [-0.39, 0.29) is 5.91 Å². The van der Waals surface area contributed by atoms with E-state index in [2.05, 4.69) is 20.8 Å². The maximum atomic E-state index is 11.9. The quantitative estimate of drug-likeness (QED) is 0.523. The summed E-state index contributed by atoms with van der Waals surface area (Å²) in [7, 11) is 0. The van der Waals surface area contributed by atoms with E-state index in [1.165, 1.54) is 23.1 Å². The van der Waals surface area contributed by atoms with Gasteiger partial charge in [-0.2, -0.15) is 0 Å². The number of halogens is 1. The number of hydrogen-bond acceptors (Lipinski definition) is 7. The predicted octanol–water partition coefficient (Wildman–Crippen LogP) is 3.85. The number of nitrogens with one attached hydrogen (secondary N) is 2. The molecule has 3 aromatic rings. The van der Waals surface area contributed by atoms with Crippen LogP contribution in [0, 0.1) is 0 Å².